The van der Waals surface area contributed by atoms with Crippen LogP contribution in [0.2, 0.25) is 0 Å². The average molecular weight is 207 g/mol. The summed E-state index contributed by atoms with van der Waals surface area (Å²) in [7, 11) is 0. The zero-order valence-electron chi connectivity index (χ0n) is 9.16. The Morgan fingerprint density at radius 3 is 2.87 bits per heavy atom. The number of hydrogen-bond donors (Lipinski definition) is 2. The van der Waals surface area contributed by atoms with Gasteiger partial charge in [-0.25, -0.2) is 0 Å². The van der Waals surface area contributed by atoms with Gasteiger partial charge in [-0.05, 0) is 25.5 Å². The van der Waals surface area contributed by atoms with Crippen LogP contribution >= 0.6 is 0 Å². The van der Waals surface area contributed by atoms with Crippen LogP contribution in [0.1, 0.15) is 26.0 Å². The fourth-order valence-corrected chi connectivity index (χ4v) is 1.04. The van der Waals surface area contributed by atoms with Crippen molar-refractivity contribution in [3.05, 3.63) is 30.1 Å². The van der Waals surface area contributed by atoms with E-state index in [4.69, 9.17) is 5.73 Å². The number of carbonyl (C=O) groups excluding carboxylic acids is 1. The van der Waals surface area contributed by atoms with Gasteiger partial charge in [0.05, 0.1) is 17.8 Å². The lowest BCUT2D eigenvalue weighted by Crippen LogP contribution is -2.50. The molecule has 1 amide bonds. The Kier molecular flexibility index (Phi) is 3.80. The minimum Gasteiger partial charge on any atom is -0.349 e. The fourth-order valence-electron chi connectivity index (χ4n) is 1.04. The van der Waals surface area contributed by atoms with Gasteiger partial charge in [-0.15, -0.1) is 0 Å². The second-order valence-corrected chi connectivity index (χ2v) is 3.77. The molecule has 0 saturated carbocycles. The smallest absolute Gasteiger partial charge is 0.240 e. The molecule has 3 N–H and O–H groups in total. The van der Waals surface area contributed by atoms with Gasteiger partial charge in [-0.1, -0.05) is 13.0 Å². The van der Waals surface area contributed by atoms with Crippen molar-refractivity contribution in [1.82, 2.24) is 10.3 Å². The van der Waals surface area contributed by atoms with Crippen LogP contribution in [0.4, 0.5) is 0 Å². The van der Waals surface area contributed by atoms with Crippen molar-refractivity contribution < 1.29 is 4.79 Å². The molecule has 0 bridgehead atoms. The SMILES string of the molecule is CCC(C)(N)C(=O)NCc1ccccn1. The highest BCUT2D eigenvalue weighted by Gasteiger charge is 2.25. The third-order valence-electron chi connectivity index (χ3n) is 2.41. The van der Waals surface area contributed by atoms with E-state index >= 15 is 0 Å². The summed E-state index contributed by atoms with van der Waals surface area (Å²) in [6.45, 7) is 4.04. The van der Waals surface area contributed by atoms with E-state index in [-0.39, 0.29) is 5.91 Å². The first-order valence-electron chi connectivity index (χ1n) is 5.03. The maximum absolute atomic E-state index is 11.6. The van der Waals surface area contributed by atoms with Crippen molar-refractivity contribution in [3.8, 4) is 0 Å². The molecule has 0 aliphatic rings. The van der Waals surface area contributed by atoms with Gasteiger partial charge in [0, 0.05) is 6.20 Å². The van der Waals surface area contributed by atoms with Crippen LogP contribution in [0, 0.1) is 0 Å². The van der Waals surface area contributed by atoms with Gasteiger partial charge in [0.1, 0.15) is 0 Å². The Labute approximate surface area is 89.9 Å². The molecule has 4 heteroatoms. The van der Waals surface area contributed by atoms with Crippen LogP contribution in [0.3, 0.4) is 0 Å². The quantitative estimate of drug-likeness (QED) is 0.768. The molecule has 1 atom stereocenters. The molecule has 0 aliphatic carbocycles. The molecule has 1 aromatic heterocycles. The van der Waals surface area contributed by atoms with Crippen molar-refractivity contribution >= 4 is 5.91 Å². The molecule has 15 heavy (non-hydrogen) atoms. The van der Waals surface area contributed by atoms with Crippen molar-refractivity contribution in [2.24, 2.45) is 5.73 Å². The van der Waals surface area contributed by atoms with Gasteiger partial charge in [-0.2, -0.15) is 0 Å². The molecule has 1 unspecified atom stereocenters. The summed E-state index contributed by atoms with van der Waals surface area (Å²) < 4.78 is 0. The molecule has 0 radical (unpaired) electrons. The van der Waals surface area contributed by atoms with E-state index in [9.17, 15) is 4.79 Å². The molecule has 0 spiro atoms. The first-order valence-corrected chi connectivity index (χ1v) is 5.03. The van der Waals surface area contributed by atoms with Gasteiger partial charge in [-0.3, -0.25) is 9.78 Å². The second-order valence-electron chi connectivity index (χ2n) is 3.77. The van der Waals surface area contributed by atoms with Crippen molar-refractivity contribution in [2.45, 2.75) is 32.4 Å². The lowest BCUT2D eigenvalue weighted by atomic mass is 10.00. The highest BCUT2D eigenvalue weighted by atomic mass is 16.2. The number of rotatable bonds is 4. The Bertz CT molecular complexity index is 322. The van der Waals surface area contributed by atoms with Gasteiger partial charge in [0.2, 0.25) is 5.91 Å². The minimum atomic E-state index is -0.797. The molecule has 82 valence electrons. The van der Waals surface area contributed by atoms with Crippen LogP contribution in [0.25, 0.3) is 0 Å². The molecule has 4 nitrogen and oxygen atoms in total. The summed E-state index contributed by atoms with van der Waals surface area (Å²) in [5, 5.41) is 2.76. The van der Waals surface area contributed by atoms with Crippen molar-refractivity contribution in [2.75, 3.05) is 0 Å². The second kappa shape index (κ2) is 4.89. The highest BCUT2D eigenvalue weighted by Crippen LogP contribution is 2.04. The lowest BCUT2D eigenvalue weighted by molar-refractivity contribution is -0.126. The maximum Gasteiger partial charge on any atom is 0.240 e. The van der Waals surface area contributed by atoms with Gasteiger partial charge < -0.3 is 11.1 Å². The van der Waals surface area contributed by atoms with E-state index in [1.807, 2.05) is 25.1 Å². The Hall–Kier alpha value is -1.42. The largest absolute Gasteiger partial charge is 0.349 e. The number of nitrogens with zero attached hydrogens (tertiary/aromatic N) is 1. The number of aromatic nitrogens is 1. The normalized spacial score (nSPS) is 14.3. The van der Waals surface area contributed by atoms with E-state index in [2.05, 4.69) is 10.3 Å². The number of nitrogens with two attached hydrogens (primary N) is 1. The zero-order valence-corrected chi connectivity index (χ0v) is 9.16. The molecule has 1 aromatic rings. The average Bonchev–Trinajstić information content (AvgIpc) is 2.27. The fraction of sp³-hybridized carbons (Fsp3) is 0.455. The molecule has 0 aliphatic heterocycles. The Morgan fingerprint density at radius 1 is 1.60 bits per heavy atom. The molecule has 0 saturated heterocycles. The molecular formula is C11H17N3O. The van der Waals surface area contributed by atoms with Crippen LogP contribution in [0.5, 0.6) is 0 Å². The van der Waals surface area contributed by atoms with Crippen LogP contribution in [0.15, 0.2) is 24.4 Å². The number of pyridine rings is 1. The van der Waals surface area contributed by atoms with E-state index in [0.717, 1.165) is 5.69 Å². The van der Waals surface area contributed by atoms with Crippen LogP contribution in [-0.4, -0.2) is 16.4 Å². The summed E-state index contributed by atoms with van der Waals surface area (Å²) in [5.74, 6) is -0.143. The van der Waals surface area contributed by atoms with E-state index < -0.39 is 5.54 Å². The van der Waals surface area contributed by atoms with E-state index in [1.54, 1.807) is 13.1 Å². The van der Waals surface area contributed by atoms with Crippen molar-refractivity contribution in [1.29, 1.82) is 0 Å². The zero-order chi connectivity index (χ0) is 11.3. The minimum absolute atomic E-state index is 0.143. The summed E-state index contributed by atoms with van der Waals surface area (Å²) >= 11 is 0. The summed E-state index contributed by atoms with van der Waals surface area (Å²) in [5.41, 5.74) is 5.83. The number of amides is 1. The standard InChI is InChI=1S/C11H17N3O/c1-3-11(2,12)10(15)14-8-9-6-4-5-7-13-9/h4-7H,3,8,12H2,1-2H3,(H,14,15). The van der Waals surface area contributed by atoms with E-state index in [0.29, 0.717) is 13.0 Å². The molecular weight excluding hydrogens is 190 g/mol. The van der Waals surface area contributed by atoms with Gasteiger partial charge in [0.15, 0.2) is 0 Å². The van der Waals surface area contributed by atoms with E-state index in [1.165, 1.54) is 0 Å². The first-order chi connectivity index (χ1) is 7.06. The third-order valence-corrected chi connectivity index (χ3v) is 2.41. The van der Waals surface area contributed by atoms with Crippen LogP contribution < -0.4 is 11.1 Å². The lowest BCUT2D eigenvalue weighted by Gasteiger charge is -2.21. The molecule has 1 rings (SSSR count). The monoisotopic (exact) mass is 207 g/mol. The predicted molar refractivity (Wildman–Crippen MR) is 59.0 cm³/mol. The predicted octanol–water partition coefficient (Wildman–Crippen LogP) is 0.825. The maximum atomic E-state index is 11.6. The molecule has 0 aromatic carbocycles. The van der Waals surface area contributed by atoms with Crippen molar-refractivity contribution in [3.63, 3.8) is 0 Å². The summed E-state index contributed by atoms with van der Waals surface area (Å²) in [6.07, 6.45) is 2.31. The summed E-state index contributed by atoms with van der Waals surface area (Å²) in [4.78, 5) is 15.7. The third kappa shape index (κ3) is 3.32. The first kappa shape index (κ1) is 11.7. The molecule has 1 heterocycles. The van der Waals surface area contributed by atoms with Crippen LogP contribution in [-0.2, 0) is 11.3 Å². The highest BCUT2D eigenvalue weighted by molar-refractivity contribution is 5.85. The number of hydrogen-bond acceptors (Lipinski definition) is 3. The number of nitrogens with one attached hydrogen (secondary N) is 1. The number of carbonyl (C=O) groups is 1. The summed E-state index contributed by atoms with van der Waals surface area (Å²) in [6, 6.07) is 5.58. The van der Waals surface area contributed by atoms with Gasteiger partial charge >= 0.3 is 0 Å². The van der Waals surface area contributed by atoms with Gasteiger partial charge in [0.25, 0.3) is 0 Å². The topological polar surface area (TPSA) is 68.0 Å². The Morgan fingerprint density at radius 2 is 2.33 bits per heavy atom. The molecule has 0 fully saturated rings. The Balaban J connectivity index is 2.48.